The number of benzene rings is 1. The third kappa shape index (κ3) is 2.67. The maximum absolute atomic E-state index is 10.8. The minimum absolute atomic E-state index is 0.0883. The molecule has 0 aromatic heterocycles. The van der Waals surface area contributed by atoms with Crippen molar-refractivity contribution in [3.63, 3.8) is 0 Å². The Morgan fingerprint density at radius 3 is 2.80 bits per heavy atom. The number of hydrogen-bond acceptors (Lipinski definition) is 3. The lowest BCUT2D eigenvalue weighted by Crippen LogP contribution is -2.13. The van der Waals surface area contributed by atoms with Crippen LogP contribution in [0.3, 0.4) is 0 Å². The van der Waals surface area contributed by atoms with Crippen LogP contribution in [0.1, 0.15) is 0 Å². The van der Waals surface area contributed by atoms with Crippen LogP contribution in [-0.2, 0) is 9.53 Å². The number of nitrogens with one attached hydrogen (secondary N) is 1. The third-order valence-corrected chi connectivity index (χ3v) is 1.83. The summed E-state index contributed by atoms with van der Waals surface area (Å²) in [6, 6.07) is 9.53. The molecule has 0 atom stereocenters. The predicted octanol–water partition coefficient (Wildman–Crippen LogP) is 1.38. The van der Waals surface area contributed by atoms with Gasteiger partial charge in [0, 0.05) is 12.3 Å². The average molecular weight is 202 g/mol. The Morgan fingerprint density at radius 1 is 1.33 bits per heavy atom. The van der Waals surface area contributed by atoms with Crippen LogP contribution in [0.4, 0.5) is 5.69 Å². The van der Waals surface area contributed by atoms with Gasteiger partial charge in [0.25, 0.3) is 5.91 Å². The summed E-state index contributed by atoms with van der Waals surface area (Å²) in [6.07, 6.45) is 3.22. The van der Waals surface area contributed by atoms with Gasteiger partial charge in [-0.3, -0.25) is 15.1 Å². The first-order valence-electron chi connectivity index (χ1n) is 4.56. The van der Waals surface area contributed by atoms with Gasteiger partial charge in [-0.1, -0.05) is 18.2 Å². The standard InChI is InChI=1S/C11H10N2O2/c14-10-8-15-11(13-10)6-7-12-9-4-2-1-3-5-9/h1-7H,8H2,(H,13,14)/b11-6-,12-7?. The minimum atomic E-state index is -0.130. The maximum atomic E-state index is 10.8. The first-order chi connectivity index (χ1) is 7.34. The second-order valence-corrected chi connectivity index (χ2v) is 2.98. The van der Waals surface area contributed by atoms with Gasteiger partial charge in [-0.25, -0.2) is 0 Å². The topological polar surface area (TPSA) is 50.7 Å². The van der Waals surface area contributed by atoms with E-state index in [-0.39, 0.29) is 12.5 Å². The molecule has 1 saturated heterocycles. The highest BCUT2D eigenvalue weighted by atomic mass is 16.5. The summed E-state index contributed by atoms with van der Waals surface area (Å²) in [5.74, 6) is 0.314. The highest BCUT2D eigenvalue weighted by molar-refractivity contribution is 5.83. The van der Waals surface area contributed by atoms with Gasteiger partial charge in [-0.05, 0) is 12.1 Å². The largest absolute Gasteiger partial charge is 0.469 e. The van der Waals surface area contributed by atoms with Crippen LogP contribution in [0.25, 0.3) is 0 Å². The van der Waals surface area contributed by atoms with E-state index in [0.29, 0.717) is 5.88 Å². The lowest BCUT2D eigenvalue weighted by Gasteiger charge is -1.92. The second kappa shape index (κ2) is 4.41. The van der Waals surface area contributed by atoms with Crippen LogP contribution < -0.4 is 5.32 Å². The molecule has 0 bridgehead atoms. The van der Waals surface area contributed by atoms with E-state index in [9.17, 15) is 4.79 Å². The lowest BCUT2D eigenvalue weighted by molar-refractivity contribution is -0.119. The number of hydrogen-bond donors (Lipinski definition) is 1. The van der Waals surface area contributed by atoms with Crippen molar-refractivity contribution < 1.29 is 9.53 Å². The fraction of sp³-hybridized carbons (Fsp3) is 0.0909. The Labute approximate surface area is 87.3 Å². The van der Waals surface area contributed by atoms with E-state index < -0.39 is 0 Å². The van der Waals surface area contributed by atoms with Crippen LogP contribution in [0.15, 0.2) is 47.3 Å². The summed E-state index contributed by atoms with van der Waals surface area (Å²) in [5.41, 5.74) is 0.860. The van der Waals surface area contributed by atoms with Gasteiger partial charge >= 0.3 is 0 Å². The van der Waals surface area contributed by atoms with E-state index >= 15 is 0 Å². The third-order valence-electron chi connectivity index (χ3n) is 1.83. The SMILES string of the molecule is O=C1CO/C(=C\C=Nc2ccccc2)N1. The summed E-state index contributed by atoms with van der Waals surface area (Å²) in [7, 11) is 0. The predicted molar refractivity (Wildman–Crippen MR) is 56.8 cm³/mol. The van der Waals surface area contributed by atoms with Crippen molar-refractivity contribution in [2.75, 3.05) is 6.61 Å². The summed E-state index contributed by atoms with van der Waals surface area (Å²) >= 11 is 0. The molecule has 15 heavy (non-hydrogen) atoms. The molecule has 0 spiro atoms. The quantitative estimate of drug-likeness (QED) is 0.736. The van der Waals surface area contributed by atoms with Crippen molar-refractivity contribution in [3.05, 3.63) is 42.3 Å². The molecular weight excluding hydrogens is 192 g/mol. The molecule has 4 heteroatoms. The lowest BCUT2D eigenvalue weighted by atomic mass is 10.3. The highest BCUT2D eigenvalue weighted by Crippen LogP contribution is 2.08. The first-order valence-corrected chi connectivity index (χ1v) is 4.56. The molecule has 76 valence electrons. The monoisotopic (exact) mass is 202 g/mol. The number of ether oxygens (including phenoxy) is 1. The van der Waals surface area contributed by atoms with Crippen molar-refractivity contribution >= 4 is 17.8 Å². The van der Waals surface area contributed by atoms with E-state index in [1.165, 1.54) is 0 Å². The van der Waals surface area contributed by atoms with Crippen LogP contribution in [0.5, 0.6) is 0 Å². The molecule has 4 nitrogen and oxygen atoms in total. The fourth-order valence-electron chi connectivity index (χ4n) is 1.15. The molecule has 1 aliphatic rings. The molecular formula is C11H10N2O2. The molecule has 1 aliphatic heterocycles. The van der Waals surface area contributed by atoms with Gasteiger partial charge in [-0.15, -0.1) is 0 Å². The van der Waals surface area contributed by atoms with Gasteiger partial charge in [0.15, 0.2) is 12.5 Å². The summed E-state index contributed by atoms with van der Waals surface area (Å²) in [4.78, 5) is 14.9. The van der Waals surface area contributed by atoms with Gasteiger partial charge in [-0.2, -0.15) is 0 Å². The van der Waals surface area contributed by atoms with Crippen LogP contribution in [0, 0.1) is 0 Å². The fourth-order valence-corrected chi connectivity index (χ4v) is 1.15. The molecule has 1 heterocycles. The Kier molecular flexibility index (Phi) is 2.78. The smallest absolute Gasteiger partial charge is 0.264 e. The normalized spacial score (nSPS) is 18.1. The van der Waals surface area contributed by atoms with Crippen molar-refractivity contribution in [1.29, 1.82) is 0 Å². The number of nitrogens with zero attached hydrogens (tertiary/aromatic N) is 1. The van der Waals surface area contributed by atoms with E-state index in [4.69, 9.17) is 4.74 Å². The molecule has 1 aromatic rings. The molecule has 1 amide bonds. The number of carbonyl (C=O) groups excluding carboxylic acids is 1. The Morgan fingerprint density at radius 2 is 2.13 bits per heavy atom. The minimum Gasteiger partial charge on any atom is -0.469 e. The molecule has 1 N–H and O–H groups in total. The zero-order chi connectivity index (χ0) is 10.5. The number of rotatable bonds is 2. The summed E-state index contributed by atoms with van der Waals surface area (Å²) in [6.45, 7) is 0.0883. The molecule has 1 aromatic carbocycles. The van der Waals surface area contributed by atoms with Crippen molar-refractivity contribution in [2.45, 2.75) is 0 Å². The maximum Gasteiger partial charge on any atom is 0.264 e. The molecule has 1 fully saturated rings. The van der Waals surface area contributed by atoms with Crippen molar-refractivity contribution in [3.8, 4) is 0 Å². The second-order valence-electron chi connectivity index (χ2n) is 2.98. The average Bonchev–Trinajstić information content (AvgIpc) is 2.66. The van der Waals surface area contributed by atoms with Gasteiger partial charge in [0.1, 0.15) is 0 Å². The number of carbonyl (C=O) groups is 1. The zero-order valence-corrected chi connectivity index (χ0v) is 8.01. The van der Waals surface area contributed by atoms with Crippen LogP contribution in [-0.4, -0.2) is 18.7 Å². The Bertz CT molecular complexity index is 410. The first kappa shape index (κ1) is 9.45. The molecule has 0 saturated carbocycles. The van der Waals surface area contributed by atoms with Crippen molar-refractivity contribution in [2.24, 2.45) is 4.99 Å². The Hall–Kier alpha value is -2.10. The van der Waals surface area contributed by atoms with E-state index in [2.05, 4.69) is 10.3 Å². The Balaban J connectivity index is 1.98. The zero-order valence-electron chi connectivity index (χ0n) is 8.01. The van der Waals surface area contributed by atoms with E-state index in [1.807, 2.05) is 30.3 Å². The number of para-hydroxylation sites is 1. The highest BCUT2D eigenvalue weighted by Gasteiger charge is 2.13. The van der Waals surface area contributed by atoms with E-state index in [1.54, 1.807) is 12.3 Å². The summed E-state index contributed by atoms with van der Waals surface area (Å²) < 4.78 is 5.01. The van der Waals surface area contributed by atoms with Crippen LogP contribution >= 0.6 is 0 Å². The van der Waals surface area contributed by atoms with E-state index in [0.717, 1.165) is 5.69 Å². The summed E-state index contributed by atoms with van der Waals surface area (Å²) in [5, 5.41) is 2.55. The molecule has 0 aliphatic carbocycles. The van der Waals surface area contributed by atoms with Gasteiger partial charge < -0.3 is 4.74 Å². The van der Waals surface area contributed by atoms with Gasteiger partial charge in [0.2, 0.25) is 0 Å². The molecule has 2 rings (SSSR count). The number of amides is 1. The van der Waals surface area contributed by atoms with Crippen molar-refractivity contribution in [1.82, 2.24) is 5.32 Å². The number of aliphatic imine (C=N–C) groups is 1. The van der Waals surface area contributed by atoms with Gasteiger partial charge in [0.05, 0.1) is 5.69 Å². The molecule has 0 unspecified atom stereocenters. The molecule has 0 radical (unpaired) electrons. The van der Waals surface area contributed by atoms with Crippen LogP contribution in [0.2, 0.25) is 0 Å². The number of allylic oxidation sites excluding steroid dienone is 1.